The van der Waals surface area contributed by atoms with E-state index in [0.29, 0.717) is 29.6 Å². The van der Waals surface area contributed by atoms with Crippen molar-refractivity contribution in [2.75, 3.05) is 11.9 Å². The zero-order valence-corrected chi connectivity index (χ0v) is 12.3. The van der Waals surface area contributed by atoms with Gasteiger partial charge in [0.1, 0.15) is 12.4 Å². The van der Waals surface area contributed by atoms with Crippen LogP contribution >= 0.6 is 11.6 Å². The molecule has 0 amide bonds. The van der Waals surface area contributed by atoms with E-state index in [1.54, 1.807) is 12.1 Å². The SMILES string of the molecule is CCCC1COc2c(Cl)nc(-c3cccc(F)c3)nc2N1. The zero-order valence-electron chi connectivity index (χ0n) is 11.6. The molecule has 1 aliphatic rings. The highest BCUT2D eigenvalue weighted by atomic mass is 35.5. The highest BCUT2D eigenvalue weighted by Gasteiger charge is 2.24. The Balaban J connectivity index is 1.98. The van der Waals surface area contributed by atoms with E-state index < -0.39 is 0 Å². The van der Waals surface area contributed by atoms with E-state index in [-0.39, 0.29) is 17.0 Å². The third kappa shape index (κ3) is 2.93. The number of hydrogen-bond acceptors (Lipinski definition) is 4. The molecule has 1 aromatic carbocycles. The summed E-state index contributed by atoms with van der Waals surface area (Å²) in [6, 6.07) is 6.32. The van der Waals surface area contributed by atoms with Gasteiger partial charge in [0.05, 0.1) is 6.04 Å². The highest BCUT2D eigenvalue weighted by Crippen LogP contribution is 2.35. The molecule has 1 atom stereocenters. The summed E-state index contributed by atoms with van der Waals surface area (Å²) < 4.78 is 19.0. The lowest BCUT2D eigenvalue weighted by Gasteiger charge is -2.26. The Hall–Kier alpha value is -1.88. The van der Waals surface area contributed by atoms with Crippen LogP contribution in [0.3, 0.4) is 0 Å². The van der Waals surface area contributed by atoms with Gasteiger partial charge in [-0.25, -0.2) is 14.4 Å². The maximum Gasteiger partial charge on any atom is 0.199 e. The quantitative estimate of drug-likeness (QED) is 0.873. The van der Waals surface area contributed by atoms with Crippen LogP contribution in [0.25, 0.3) is 11.4 Å². The Labute approximate surface area is 127 Å². The van der Waals surface area contributed by atoms with Gasteiger partial charge in [0.2, 0.25) is 0 Å². The standard InChI is InChI=1S/C15H15ClFN3O/c1-2-4-11-8-21-12-13(16)19-14(20-15(12)18-11)9-5-3-6-10(17)7-9/h3,5-7,11H,2,4,8H2,1H3,(H,18,19,20). The number of anilines is 1. The summed E-state index contributed by atoms with van der Waals surface area (Å²) in [6.45, 7) is 2.66. The second-order valence-corrected chi connectivity index (χ2v) is 5.33. The van der Waals surface area contributed by atoms with Gasteiger partial charge in [0, 0.05) is 5.56 Å². The predicted molar refractivity (Wildman–Crippen MR) is 80.2 cm³/mol. The minimum Gasteiger partial charge on any atom is -0.485 e. The summed E-state index contributed by atoms with van der Waals surface area (Å²) in [5, 5.41) is 3.55. The maximum atomic E-state index is 13.3. The number of aromatic nitrogens is 2. The zero-order chi connectivity index (χ0) is 14.8. The summed E-state index contributed by atoms with van der Waals surface area (Å²) in [5.74, 6) is 1.08. The Morgan fingerprint density at radius 1 is 1.43 bits per heavy atom. The largest absolute Gasteiger partial charge is 0.485 e. The molecule has 0 saturated carbocycles. The van der Waals surface area contributed by atoms with Crippen LogP contribution in [-0.2, 0) is 0 Å². The van der Waals surface area contributed by atoms with Gasteiger partial charge in [-0.15, -0.1) is 0 Å². The molecule has 2 heterocycles. The molecule has 110 valence electrons. The summed E-state index contributed by atoms with van der Waals surface area (Å²) in [7, 11) is 0. The van der Waals surface area contributed by atoms with Crippen LogP contribution in [-0.4, -0.2) is 22.6 Å². The van der Waals surface area contributed by atoms with Crippen LogP contribution in [0, 0.1) is 5.82 Å². The minimum atomic E-state index is -0.335. The van der Waals surface area contributed by atoms with Crippen LogP contribution in [0.1, 0.15) is 19.8 Å². The molecule has 4 nitrogen and oxygen atoms in total. The van der Waals surface area contributed by atoms with Crippen molar-refractivity contribution in [3.05, 3.63) is 35.2 Å². The second-order valence-electron chi connectivity index (χ2n) is 4.97. The molecule has 0 aliphatic carbocycles. The molecule has 0 spiro atoms. The summed E-state index contributed by atoms with van der Waals surface area (Å²) >= 11 is 6.15. The fraction of sp³-hybridized carbons (Fsp3) is 0.333. The fourth-order valence-electron chi connectivity index (χ4n) is 2.33. The van der Waals surface area contributed by atoms with Gasteiger partial charge in [0.25, 0.3) is 0 Å². The van der Waals surface area contributed by atoms with E-state index in [1.807, 2.05) is 0 Å². The van der Waals surface area contributed by atoms with Crippen molar-refractivity contribution in [2.24, 2.45) is 0 Å². The topological polar surface area (TPSA) is 47.0 Å². The third-order valence-corrected chi connectivity index (χ3v) is 3.57. The molecule has 6 heteroatoms. The van der Waals surface area contributed by atoms with E-state index >= 15 is 0 Å². The van der Waals surface area contributed by atoms with E-state index in [9.17, 15) is 4.39 Å². The molecular formula is C15H15ClFN3O. The van der Waals surface area contributed by atoms with Crippen molar-refractivity contribution >= 4 is 17.4 Å². The molecule has 1 aromatic heterocycles. The van der Waals surface area contributed by atoms with Crippen LogP contribution < -0.4 is 10.1 Å². The Kier molecular flexibility index (Phi) is 3.92. The van der Waals surface area contributed by atoms with Crippen molar-refractivity contribution in [2.45, 2.75) is 25.8 Å². The summed E-state index contributed by atoms with van der Waals surface area (Å²) in [5.41, 5.74) is 0.583. The van der Waals surface area contributed by atoms with Crippen LogP contribution in [0.4, 0.5) is 10.2 Å². The van der Waals surface area contributed by atoms with Crippen molar-refractivity contribution in [1.82, 2.24) is 9.97 Å². The number of fused-ring (bicyclic) bond motifs is 1. The van der Waals surface area contributed by atoms with E-state index in [4.69, 9.17) is 16.3 Å². The first kappa shape index (κ1) is 14.1. The average Bonchev–Trinajstić information content (AvgIpc) is 2.47. The Morgan fingerprint density at radius 3 is 3.05 bits per heavy atom. The lowest BCUT2D eigenvalue weighted by atomic mass is 10.1. The first-order chi connectivity index (χ1) is 10.2. The molecule has 1 unspecified atom stereocenters. The van der Waals surface area contributed by atoms with Crippen molar-refractivity contribution in [3.8, 4) is 17.1 Å². The van der Waals surface area contributed by atoms with Gasteiger partial charge in [-0.3, -0.25) is 0 Å². The Bertz CT molecular complexity index is 665. The van der Waals surface area contributed by atoms with E-state index in [0.717, 1.165) is 12.8 Å². The molecule has 0 bridgehead atoms. The number of ether oxygens (including phenoxy) is 1. The molecule has 1 N–H and O–H groups in total. The lowest BCUT2D eigenvalue weighted by molar-refractivity contribution is 0.275. The first-order valence-corrected chi connectivity index (χ1v) is 7.28. The summed E-state index contributed by atoms with van der Waals surface area (Å²) in [6.07, 6.45) is 2.03. The van der Waals surface area contributed by atoms with Gasteiger partial charge in [-0.1, -0.05) is 37.1 Å². The molecule has 2 aromatic rings. The van der Waals surface area contributed by atoms with Crippen LogP contribution in [0.15, 0.2) is 24.3 Å². The third-order valence-electron chi connectivity index (χ3n) is 3.31. The molecule has 1 aliphatic heterocycles. The molecule has 0 saturated heterocycles. The number of rotatable bonds is 3. The number of benzene rings is 1. The molecular weight excluding hydrogens is 293 g/mol. The molecule has 21 heavy (non-hydrogen) atoms. The Morgan fingerprint density at radius 2 is 2.29 bits per heavy atom. The van der Waals surface area contributed by atoms with Gasteiger partial charge in [-0.05, 0) is 18.6 Å². The van der Waals surface area contributed by atoms with Crippen molar-refractivity contribution in [1.29, 1.82) is 0 Å². The van der Waals surface area contributed by atoms with Crippen LogP contribution in [0.5, 0.6) is 5.75 Å². The number of halogens is 2. The van der Waals surface area contributed by atoms with Crippen molar-refractivity contribution < 1.29 is 9.13 Å². The maximum absolute atomic E-state index is 13.3. The van der Waals surface area contributed by atoms with E-state index in [2.05, 4.69) is 22.2 Å². The predicted octanol–water partition coefficient (Wildman–Crippen LogP) is 3.91. The number of hydrogen-bond donors (Lipinski definition) is 1. The first-order valence-electron chi connectivity index (χ1n) is 6.90. The number of nitrogens with one attached hydrogen (secondary N) is 1. The normalized spacial score (nSPS) is 16.8. The second kappa shape index (κ2) is 5.85. The van der Waals surface area contributed by atoms with Gasteiger partial charge >= 0.3 is 0 Å². The smallest absolute Gasteiger partial charge is 0.199 e. The highest BCUT2D eigenvalue weighted by molar-refractivity contribution is 6.31. The minimum absolute atomic E-state index is 0.203. The van der Waals surface area contributed by atoms with Gasteiger partial charge in [-0.2, -0.15) is 0 Å². The molecule has 0 radical (unpaired) electrons. The lowest BCUT2D eigenvalue weighted by Crippen LogP contribution is -2.32. The molecule has 3 rings (SSSR count). The monoisotopic (exact) mass is 307 g/mol. The number of nitrogens with zero attached hydrogens (tertiary/aromatic N) is 2. The van der Waals surface area contributed by atoms with Crippen molar-refractivity contribution in [3.63, 3.8) is 0 Å². The fourth-order valence-corrected chi connectivity index (χ4v) is 2.55. The average molecular weight is 308 g/mol. The van der Waals surface area contributed by atoms with Crippen LogP contribution in [0.2, 0.25) is 5.15 Å². The van der Waals surface area contributed by atoms with Gasteiger partial charge in [0.15, 0.2) is 22.5 Å². The van der Waals surface area contributed by atoms with Gasteiger partial charge < -0.3 is 10.1 Å². The summed E-state index contributed by atoms with van der Waals surface area (Å²) in [4.78, 5) is 8.61. The van der Waals surface area contributed by atoms with E-state index in [1.165, 1.54) is 12.1 Å². The molecule has 0 fully saturated rings.